The predicted octanol–water partition coefficient (Wildman–Crippen LogP) is 2.34. The van der Waals surface area contributed by atoms with Gasteiger partial charge in [-0.15, -0.1) is 0 Å². The Morgan fingerprint density at radius 3 is 2.00 bits per heavy atom. The van der Waals surface area contributed by atoms with Crippen molar-refractivity contribution >= 4 is 23.6 Å². The molecule has 30 heavy (non-hydrogen) atoms. The highest BCUT2D eigenvalue weighted by atomic mass is 16.2. The molecule has 0 fully saturated rings. The Labute approximate surface area is 175 Å². The Morgan fingerprint density at radius 1 is 0.867 bits per heavy atom. The van der Waals surface area contributed by atoms with Crippen molar-refractivity contribution in [1.29, 1.82) is 0 Å². The van der Waals surface area contributed by atoms with E-state index in [2.05, 4.69) is 24.5 Å². The molecule has 156 valence electrons. The van der Waals surface area contributed by atoms with Gasteiger partial charge in [0.15, 0.2) is 0 Å². The maximum atomic E-state index is 12.3. The predicted molar refractivity (Wildman–Crippen MR) is 112 cm³/mol. The molecule has 7 nitrogen and oxygen atoms in total. The Bertz CT molecular complexity index is 932. The summed E-state index contributed by atoms with van der Waals surface area (Å²) >= 11 is 0. The first-order valence-electron chi connectivity index (χ1n) is 9.98. The molecule has 0 bridgehead atoms. The highest BCUT2D eigenvalue weighted by Crippen LogP contribution is 2.22. The smallest absolute Gasteiger partial charge is 0.261 e. The summed E-state index contributed by atoms with van der Waals surface area (Å²) in [7, 11) is 0. The van der Waals surface area contributed by atoms with Crippen LogP contribution in [0.25, 0.3) is 0 Å². The maximum absolute atomic E-state index is 12.3. The second-order valence-corrected chi connectivity index (χ2v) is 7.44. The van der Waals surface area contributed by atoms with Crippen molar-refractivity contribution < 1.29 is 19.2 Å². The topological polar surface area (TPSA) is 95.6 Å². The molecule has 0 radical (unpaired) electrons. The van der Waals surface area contributed by atoms with Gasteiger partial charge in [-0.2, -0.15) is 0 Å². The Kier molecular flexibility index (Phi) is 6.61. The number of benzene rings is 2. The van der Waals surface area contributed by atoms with Crippen LogP contribution in [0.4, 0.5) is 0 Å². The normalized spacial score (nSPS) is 12.8. The van der Waals surface area contributed by atoms with E-state index in [9.17, 15) is 19.2 Å². The molecule has 1 aliphatic rings. The highest BCUT2D eigenvalue weighted by molar-refractivity contribution is 6.21. The number of rotatable bonds is 8. The maximum Gasteiger partial charge on any atom is 0.261 e. The third-order valence-electron chi connectivity index (χ3n) is 5.01. The van der Waals surface area contributed by atoms with Gasteiger partial charge in [-0.05, 0) is 35.7 Å². The van der Waals surface area contributed by atoms with Crippen molar-refractivity contribution in [2.24, 2.45) is 0 Å². The van der Waals surface area contributed by atoms with Gasteiger partial charge in [0.05, 0.1) is 11.1 Å². The molecule has 0 atom stereocenters. The molecule has 0 spiro atoms. The van der Waals surface area contributed by atoms with Crippen LogP contribution in [0, 0.1) is 0 Å². The van der Waals surface area contributed by atoms with E-state index in [0.29, 0.717) is 22.6 Å². The average molecular weight is 407 g/mol. The fourth-order valence-electron chi connectivity index (χ4n) is 3.24. The van der Waals surface area contributed by atoms with Crippen LogP contribution in [0.1, 0.15) is 62.8 Å². The van der Waals surface area contributed by atoms with E-state index < -0.39 is 0 Å². The van der Waals surface area contributed by atoms with Gasteiger partial charge in [0.25, 0.3) is 17.7 Å². The molecule has 0 saturated heterocycles. The van der Waals surface area contributed by atoms with Gasteiger partial charge in [0, 0.05) is 31.6 Å². The fourth-order valence-corrected chi connectivity index (χ4v) is 3.24. The first-order valence-corrected chi connectivity index (χ1v) is 9.98. The first-order chi connectivity index (χ1) is 14.4. The molecule has 0 unspecified atom stereocenters. The lowest BCUT2D eigenvalue weighted by atomic mass is 10.0. The van der Waals surface area contributed by atoms with Crippen LogP contribution in [-0.2, 0) is 4.79 Å². The molecule has 1 aliphatic heterocycles. The minimum absolute atomic E-state index is 0.01000. The van der Waals surface area contributed by atoms with E-state index in [0.717, 1.165) is 10.5 Å². The molecule has 3 rings (SSSR count). The molecule has 0 aromatic heterocycles. The largest absolute Gasteiger partial charge is 0.354 e. The van der Waals surface area contributed by atoms with Gasteiger partial charge >= 0.3 is 0 Å². The van der Waals surface area contributed by atoms with Gasteiger partial charge in [-0.25, -0.2) is 0 Å². The standard InChI is InChI=1S/C23H25N3O4/c1-15(2)16-7-9-17(10-8-16)21(28)25-13-12-24-20(27)11-14-26-22(29)18-5-3-4-6-19(18)23(26)30/h3-10,15H,11-14H2,1-2H3,(H,24,27)(H,25,28). The van der Waals surface area contributed by atoms with Crippen molar-refractivity contribution in [3.63, 3.8) is 0 Å². The van der Waals surface area contributed by atoms with Crippen LogP contribution >= 0.6 is 0 Å². The number of fused-ring (bicyclic) bond motifs is 1. The summed E-state index contributed by atoms with van der Waals surface area (Å²) < 4.78 is 0. The lowest BCUT2D eigenvalue weighted by molar-refractivity contribution is -0.121. The van der Waals surface area contributed by atoms with Gasteiger partial charge in [-0.3, -0.25) is 24.1 Å². The Balaban J connectivity index is 1.38. The molecule has 2 aromatic rings. The molecule has 0 saturated carbocycles. The van der Waals surface area contributed by atoms with Crippen molar-refractivity contribution in [3.8, 4) is 0 Å². The van der Waals surface area contributed by atoms with Crippen LogP contribution in [-0.4, -0.2) is 48.2 Å². The zero-order valence-corrected chi connectivity index (χ0v) is 17.1. The summed E-state index contributed by atoms with van der Waals surface area (Å²) in [4.78, 5) is 49.8. The molecule has 2 N–H and O–H groups in total. The summed E-state index contributed by atoms with van der Waals surface area (Å²) in [6.07, 6.45) is 0.01000. The molecule has 1 heterocycles. The van der Waals surface area contributed by atoms with E-state index in [1.54, 1.807) is 36.4 Å². The van der Waals surface area contributed by atoms with Gasteiger partial charge < -0.3 is 10.6 Å². The quantitative estimate of drug-likeness (QED) is 0.519. The average Bonchev–Trinajstić information content (AvgIpc) is 2.99. The van der Waals surface area contributed by atoms with Gasteiger partial charge in [0.1, 0.15) is 0 Å². The molecule has 0 aliphatic carbocycles. The third-order valence-corrected chi connectivity index (χ3v) is 5.01. The Hall–Kier alpha value is -3.48. The fraction of sp³-hybridized carbons (Fsp3) is 0.304. The molecule has 2 aromatic carbocycles. The zero-order chi connectivity index (χ0) is 21.7. The number of imide groups is 1. The van der Waals surface area contributed by atoms with Gasteiger partial charge in [-0.1, -0.05) is 38.1 Å². The SMILES string of the molecule is CC(C)c1ccc(C(=O)NCCNC(=O)CCN2C(=O)c3ccccc3C2=O)cc1. The number of carbonyl (C=O) groups excluding carboxylic acids is 4. The minimum atomic E-state index is -0.376. The zero-order valence-electron chi connectivity index (χ0n) is 17.1. The first kappa shape index (κ1) is 21.2. The number of hydrogen-bond donors (Lipinski definition) is 2. The summed E-state index contributed by atoms with van der Waals surface area (Å²) in [5.41, 5.74) is 2.47. The summed E-state index contributed by atoms with van der Waals surface area (Å²) in [6, 6.07) is 14.0. The monoisotopic (exact) mass is 407 g/mol. The lowest BCUT2D eigenvalue weighted by Gasteiger charge is -2.13. The van der Waals surface area contributed by atoms with E-state index >= 15 is 0 Å². The van der Waals surface area contributed by atoms with Crippen molar-refractivity contribution in [3.05, 3.63) is 70.8 Å². The Morgan fingerprint density at radius 2 is 1.43 bits per heavy atom. The molecule has 7 heteroatoms. The van der Waals surface area contributed by atoms with Crippen molar-refractivity contribution in [2.45, 2.75) is 26.2 Å². The number of amides is 4. The van der Waals surface area contributed by atoms with Crippen LogP contribution in [0.3, 0.4) is 0 Å². The van der Waals surface area contributed by atoms with Crippen molar-refractivity contribution in [2.75, 3.05) is 19.6 Å². The van der Waals surface area contributed by atoms with Gasteiger partial charge in [0.2, 0.25) is 5.91 Å². The number of nitrogens with zero attached hydrogens (tertiary/aromatic N) is 1. The number of hydrogen-bond acceptors (Lipinski definition) is 4. The summed E-state index contributed by atoms with van der Waals surface area (Å²) in [5.74, 6) is -0.844. The second kappa shape index (κ2) is 9.35. The molecule has 4 amide bonds. The lowest BCUT2D eigenvalue weighted by Crippen LogP contribution is -2.37. The number of carbonyl (C=O) groups is 4. The van der Waals surface area contributed by atoms with Crippen molar-refractivity contribution in [1.82, 2.24) is 15.5 Å². The number of nitrogens with one attached hydrogen (secondary N) is 2. The van der Waals surface area contributed by atoms with E-state index in [4.69, 9.17) is 0 Å². The van der Waals surface area contributed by atoms with E-state index in [1.807, 2.05) is 12.1 Å². The molecular formula is C23H25N3O4. The molecular weight excluding hydrogens is 382 g/mol. The third kappa shape index (κ3) is 4.74. The second-order valence-electron chi connectivity index (χ2n) is 7.44. The van der Waals surface area contributed by atoms with E-state index in [-0.39, 0.29) is 49.7 Å². The van der Waals surface area contributed by atoms with Crippen LogP contribution in [0.2, 0.25) is 0 Å². The van der Waals surface area contributed by atoms with Crippen LogP contribution < -0.4 is 10.6 Å². The van der Waals surface area contributed by atoms with Crippen LogP contribution in [0.5, 0.6) is 0 Å². The highest BCUT2D eigenvalue weighted by Gasteiger charge is 2.34. The summed E-state index contributed by atoms with van der Waals surface area (Å²) in [5, 5.41) is 5.44. The minimum Gasteiger partial charge on any atom is -0.354 e. The summed E-state index contributed by atoms with van der Waals surface area (Å²) in [6.45, 7) is 4.74. The van der Waals surface area contributed by atoms with E-state index in [1.165, 1.54) is 0 Å². The van der Waals surface area contributed by atoms with Crippen LogP contribution in [0.15, 0.2) is 48.5 Å².